The van der Waals surface area contributed by atoms with Crippen LogP contribution in [-0.2, 0) is 6.42 Å². The lowest BCUT2D eigenvalue weighted by molar-refractivity contribution is -0.274. The zero-order valence-electron chi connectivity index (χ0n) is 9.96. The molecule has 1 heterocycles. The number of halogens is 3. The van der Waals surface area contributed by atoms with Gasteiger partial charge in [-0.1, -0.05) is 12.1 Å². The maximum atomic E-state index is 12.1. The minimum Gasteiger partial charge on any atom is -0.406 e. The first-order valence-corrected chi connectivity index (χ1v) is 6.08. The molecule has 2 rings (SSSR count). The summed E-state index contributed by atoms with van der Waals surface area (Å²) in [4.78, 5) is 0. The molecule has 2 nitrogen and oxygen atoms in total. The molecule has 1 fully saturated rings. The van der Waals surface area contributed by atoms with Gasteiger partial charge < -0.3 is 10.1 Å². The molecule has 1 aromatic rings. The lowest BCUT2D eigenvalue weighted by atomic mass is 9.91. The van der Waals surface area contributed by atoms with Crippen LogP contribution in [0.2, 0.25) is 0 Å². The SMILES string of the molecule is FC(F)(F)Oc1cccc(CC2CCNCC2)c1. The highest BCUT2D eigenvalue weighted by molar-refractivity contribution is 5.29. The van der Waals surface area contributed by atoms with Gasteiger partial charge in [-0.05, 0) is 56.0 Å². The zero-order chi connectivity index (χ0) is 13.0. The molecule has 1 aliphatic rings. The highest BCUT2D eigenvalue weighted by Gasteiger charge is 2.31. The molecular formula is C13H16F3NO. The highest BCUT2D eigenvalue weighted by Crippen LogP contribution is 2.25. The molecule has 1 saturated heterocycles. The number of benzene rings is 1. The molecule has 0 saturated carbocycles. The smallest absolute Gasteiger partial charge is 0.406 e. The summed E-state index contributed by atoms with van der Waals surface area (Å²) in [6, 6.07) is 6.28. The van der Waals surface area contributed by atoms with Gasteiger partial charge in [0.2, 0.25) is 0 Å². The van der Waals surface area contributed by atoms with Gasteiger partial charge in [-0.2, -0.15) is 0 Å². The Morgan fingerprint density at radius 3 is 2.61 bits per heavy atom. The van der Waals surface area contributed by atoms with Gasteiger partial charge >= 0.3 is 6.36 Å². The summed E-state index contributed by atoms with van der Waals surface area (Å²) in [6.45, 7) is 1.98. The second kappa shape index (κ2) is 5.61. The normalized spacial score (nSPS) is 17.7. The minimum atomic E-state index is -4.62. The molecule has 1 N–H and O–H groups in total. The summed E-state index contributed by atoms with van der Waals surface area (Å²) in [5.41, 5.74) is 0.906. The lowest BCUT2D eigenvalue weighted by Crippen LogP contribution is -2.28. The van der Waals surface area contributed by atoms with Crippen LogP contribution in [0.1, 0.15) is 18.4 Å². The van der Waals surface area contributed by atoms with Gasteiger partial charge in [0, 0.05) is 0 Å². The van der Waals surface area contributed by atoms with E-state index < -0.39 is 6.36 Å². The van der Waals surface area contributed by atoms with Gasteiger partial charge in [-0.25, -0.2) is 0 Å². The Balaban J connectivity index is 1.98. The molecule has 5 heteroatoms. The standard InChI is InChI=1S/C13H16F3NO/c14-13(15,16)18-12-3-1-2-11(9-12)8-10-4-6-17-7-5-10/h1-3,9-10,17H,4-8H2. The topological polar surface area (TPSA) is 21.3 Å². The Kier molecular flexibility index (Phi) is 4.11. The van der Waals surface area contributed by atoms with Crippen molar-refractivity contribution in [2.24, 2.45) is 5.92 Å². The van der Waals surface area contributed by atoms with Crippen molar-refractivity contribution in [3.63, 3.8) is 0 Å². The maximum Gasteiger partial charge on any atom is 0.573 e. The molecule has 1 aromatic carbocycles. The monoisotopic (exact) mass is 259 g/mol. The van der Waals surface area contributed by atoms with E-state index in [4.69, 9.17) is 0 Å². The van der Waals surface area contributed by atoms with Crippen LogP contribution >= 0.6 is 0 Å². The van der Waals surface area contributed by atoms with E-state index in [1.165, 1.54) is 12.1 Å². The third-order valence-corrected chi connectivity index (χ3v) is 3.12. The van der Waals surface area contributed by atoms with Gasteiger partial charge in [-0.3, -0.25) is 0 Å². The fourth-order valence-corrected chi connectivity index (χ4v) is 2.29. The number of hydrogen-bond acceptors (Lipinski definition) is 2. The summed E-state index contributed by atoms with van der Waals surface area (Å²) < 4.78 is 40.2. The summed E-state index contributed by atoms with van der Waals surface area (Å²) in [5, 5.41) is 3.27. The predicted molar refractivity (Wildman–Crippen MR) is 62.4 cm³/mol. The van der Waals surface area contributed by atoms with Crippen LogP contribution in [0.25, 0.3) is 0 Å². The first-order chi connectivity index (χ1) is 8.53. The van der Waals surface area contributed by atoms with Crippen LogP contribution in [0.3, 0.4) is 0 Å². The van der Waals surface area contributed by atoms with Crippen LogP contribution in [0.5, 0.6) is 5.75 Å². The van der Waals surface area contributed by atoms with Crippen molar-refractivity contribution < 1.29 is 17.9 Å². The minimum absolute atomic E-state index is 0.131. The van der Waals surface area contributed by atoms with E-state index >= 15 is 0 Å². The first kappa shape index (κ1) is 13.2. The quantitative estimate of drug-likeness (QED) is 0.900. The highest BCUT2D eigenvalue weighted by atomic mass is 19.4. The second-order valence-corrected chi connectivity index (χ2v) is 4.59. The summed E-state index contributed by atoms with van der Waals surface area (Å²) in [5.74, 6) is 0.418. The largest absolute Gasteiger partial charge is 0.573 e. The molecule has 18 heavy (non-hydrogen) atoms. The van der Waals surface area contributed by atoms with Crippen molar-refractivity contribution in [1.82, 2.24) is 5.32 Å². The van der Waals surface area contributed by atoms with Crippen LogP contribution in [-0.4, -0.2) is 19.5 Å². The fraction of sp³-hybridized carbons (Fsp3) is 0.538. The van der Waals surface area contributed by atoms with Crippen molar-refractivity contribution in [2.45, 2.75) is 25.6 Å². The van der Waals surface area contributed by atoms with Gasteiger partial charge in [0.05, 0.1) is 0 Å². The van der Waals surface area contributed by atoms with E-state index in [1.54, 1.807) is 6.07 Å². The van der Waals surface area contributed by atoms with Gasteiger partial charge in [0.15, 0.2) is 0 Å². The van der Waals surface area contributed by atoms with E-state index in [-0.39, 0.29) is 5.75 Å². The molecule has 0 aromatic heterocycles. The fourth-order valence-electron chi connectivity index (χ4n) is 2.29. The van der Waals surface area contributed by atoms with Crippen LogP contribution in [0.15, 0.2) is 24.3 Å². The molecule has 0 spiro atoms. The lowest BCUT2D eigenvalue weighted by Gasteiger charge is -2.22. The first-order valence-electron chi connectivity index (χ1n) is 6.08. The van der Waals surface area contributed by atoms with Crippen molar-refractivity contribution in [1.29, 1.82) is 0 Å². The van der Waals surface area contributed by atoms with E-state index in [2.05, 4.69) is 10.1 Å². The van der Waals surface area contributed by atoms with Gasteiger partial charge in [-0.15, -0.1) is 13.2 Å². The molecule has 0 amide bonds. The van der Waals surface area contributed by atoms with E-state index in [9.17, 15) is 13.2 Å². The Bertz CT molecular complexity index is 386. The Labute approximate surface area is 104 Å². The number of nitrogens with one attached hydrogen (secondary N) is 1. The summed E-state index contributed by atoms with van der Waals surface area (Å²) >= 11 is 0. The van der Waals surface area contributed by atoms with Crippen LogP contribution in [0.4, 0.5) is 13.2 Å². The number of ether oxygens (including phenoxy) is 1. The molecule has 0 atom stereocenters. The molecule has 0 radical (unpaired) electrons. The third-order valence-electron chi connectivity index (χ3n) is 3.12. The number of alkyl halides is 3. The molecule has 0 aliphatic carbocycles. The number of rotatable bonds is 3. The third kappa shape index (κ3) is 4.22. The Hall–Kier alpha value is -1.23. The molecule has 100 valence electrons. The predicted octanol–water partition coefficient (Wildman–Crippen LogP) is 3.13. The second-order valence-electron chi connectivity index (χ2n) is 4.59. The van der Waals surface area contributed by atoms with Crippen molar-refractivity contribution in [3.05, 3.63) is 29.8 Å². The van der Waals surface area contributed by atoms with Gasteiger partial charge in [0.25, 0.3) is 0 Å². The summed E-state index contributed by atoms with van der Waals surface area (Å²) in [7, 11) is 0. The average Bonchev–Trinajstić information content (AvgIpc) is 2.28. The molecule has 0 bridgehead atoms. The maximum absolute atomic E-state index is 12.1. The van der Waals surface area contributed by atoms with Crippen LogP contribution < -0.4 is 10.1 Å². The summed E-state index contributed by atoms with van der Waals surface area (Å²) in [6.07, 6.45) is -1.65. The van der Waals surface area contributed by atoms with Crippen LogP contribution in [0, 0.1) is 5.92 Å². The number of piperidine rings is 1. The average molecular weight is 259 g/mol. The number of hydrogen-bond donors (Lipinski definition) is 1. The Morgan fingerprint density at radius 2 is 1.94 bits per heavy atom. The molecular weight excluding hydrogens is 243 g/mol. The van der Waals surface area contributed by atoms with Crippen molar-refractivity contribution >= 4 is 0 Å². The molecule has 0 unspecified atom stereocenters. The van der Waals surface area contributed by atoms with E-state index in [1.807, 2.05) is 6.07 Å². The Morgan fingerprint density at radius 1 is 1.22 bits per heavy atom. The van der Waals surface area contributed by atoms with Crippen molar-refractivity contribution in [2.75, 3.05) is 13.1 Å². The van der Waals surface area contributed by atoms with Crippen molar-refractivity contribution in [3.8, 4) is 5.75 Å². The van der Waals surface area contributed by atoms with E-state index in [0.29, 0.717) is 5.92 Å². The zero-order valence-corrected chi connectivity index (χ0v) is 9.96. The van der Waals surface area contributed by atoms with E-state index in [0.717, 1.165) is 37.9 Å². The molecule has 1 aliphatic heterocycles. The van der Waals surface area contributed by atoms with Gasteiger partial charge in [0.1, 0.15) is 5.75 Å².